The monoisotopic (exact) mass is 343 g/mol. The second-order valence-corrected chi connectivity index (χ2v) is 6.56. The molecule has 1 atom stereocenters. The molecule has 0 aliphatic heterocycles. The molecule has 0 unspecified atom stereocenters. The van der Waals surface area contributed by atoms with E-state index in [2.05, 4.69) is 23.5 Å². The smallest absolute Gasteiger partial charge is 0.251 e. The van der Waals surface area contributed by atoms with Gasteiger partial charge in [0.05, 0.1) is 6.04 Å². The summed E-state index contributed by atoms with van der Waals surface area (Å²) in [6.45, 7) is 0. The predicted octanol–water partition coefficient (Wildman–Crippen LogP) is 5.29. The summed E-state index contributed by atoms with van der Waals surface area (Å²) < 4.78 is 5.78. The van der Waals surface area contributed by atoms with Crippen molar-refractivity contribution in [1.29, 1.82) is 0 Å². The van der Waals surface area contributed by atoms with E-state index in [1.54, 1.807) is 0 Å². The summed E-state index contributed by atoms with van der Waals surface area (Å²) in [6, 6.07) is 25.4. The van der Waals surface area contributed by atoms with Crippen LogP contribution in [0.15, 0.2) is 78.9 Å². The first-order valence-corrected chi connectivity index (χ1v) is 9.01. The van der Waals surface area contributed by atoms with Gasteiger partial charge in [-0.1, -0.05) is 42.5 Å². The van der Waals surface area contributed by atoms with Gasteiger partial charge in [0, 0.05) is 5.56 Å². The maximum atomic E-state index is 12.6. The van der Waals surface area contributed by atoms with Gasteiger partial charge in [-0.2, -0.15) is 0 Å². The van der Waals surface area contributed by atoms with E-state index in [0.29, 0.717) is 5.56 Å². The molecule has 26 heavy (non-hydrogen) atoms. The highest BCUT2D eigenvalue weighted by molar-refractivity contribution is 5.94. The molecule has 0 fully saturated rings. The number of amides is 1. The third-order valence-electron chi connectivity index (χ3n) is 4.77. The Balaban J connectivity index is 1.44. The molecular formula is C23H21NO2. The first-order valence-electron chi connectivity index (χ1n) is 9.01. The van der Waals surface area contributed by atoms with E-state index in [1.165, 1.54) is 11.1 Å². The van der Waals surface area contributed by atoms with Gasteiger partial charge in [0.15, 0.2) is 0 Å². The van der Waals surface area contributed by atoms with Crippen molar-refractivity contribution >= 4 is 5.91 Å². The van der Waals surface area contributed by atoms with Crippen molar-refractivity contribution in [3.63, 3.8) is 0 Å². The Hall–Kier alpha value is -3.07. The molecule has 130 valence electrons. The molecule has 0 saturated heterocycles. The van der Waals surface area contributed by atoms with Crippen molar-refractivity contribution in [2.75, 3.05) is 0 Å². The SMILES string of the molecule is O=C(N[C@@H]1CCCc2ccccc21)c1ccc(Oc2ccccc2)cc1. The van der Waals surface area contributed by atoms with Gasteiger partial charge >= 0.3 is 0 Å². The zero-order valence-corrected chi connectivity index (χ0v) is 14.5. The number of nitrogens with one attached hydrogen (secondary N) is 1. The molecule has 3 nitrogen and oxygen atoms in total. The highest BCUT2D eigenvalue weighted by atomic mass is 16.5. The van der Waals surface area contributed by atoms with Crippen LogP contribution in [0.3, 0.4) is 0 Å². The molecule has 1 aliphatic rings. The molecule has 3 aromatic carbocycles. The van der Waals surface area contributed by atoms with Gasteiger partial charge < -0.3 is 10.1 Å². The van der Waals surface area contributed by atoms with Crippen LogP contribution in [0, 0.1) is 0 Å². The van der Waals surface area contributed by atoms with E-state index >= 15 is 0 Å². The maximum absolute atomic E-state index is 12.6. The molecule has 0 spiro atoms. The van der Waals surface area contributed by atoms with Crippen LogP contribution < -0.4 is 10.1 Å². The van der Waals surface area contributed by atoms with Gasteiger partial charge in [0.2, 0.25) is 0 Å². The molecule has 0 heterocycles. The van der Waals surface area contributed by atoms with Crippen LogP contribution in [0.5, 0.6) is 11.5 Å². The topological polar surface area (TPSA) is 38.3 Å². The fourth-order valence-electron chi connectivity index (χ4n) is 3.44. The summed E-state index contributed by atoms with van der Waals surface area (Å²) >= 11 is 0. The van der Waals surface area contributed by atoms with Crippen molar-refractivity contribution in [2.24, 2.45) is 0 Å². The maximum Gasteiger partial charge on any atom is 0.251 e. The number of ether oxygens (including phenoxy) is 1. The zero-order chi connectivity index (χ0) is 17.8. The highest BCUT2D eigenvalue weighted by Gasteiger charge is 2.21. The number of hydrogen-bond acceptors (Lipinski definition) is 2. The van der Waals surface area contributed by atoms with E-state index in [0.717, 1.165) is 30.8 Å². The van der Waals surface area contributed by atoms with E-state index in [1.807, 2.05) is 60.7 Å². The zero-order valence-electron chi connectivity index (χ0n) is 14.5. The quantitative estimate of drug-likeness (QED) is 0.699. The number of benzene rings is 3. The number of fused-ring (bicyclic) bond motifs is 1. The van der Waals surface area contributed by atoms with Gasteiger partial charge in [-0.05, 0) is 66.8 Å². The molecule has 3 heteroatoms. The molecule has 3 aromatic rings. The Labute approximate surface area is 153 Å². The number of hydrogen-bond donors (Lipinski definition) is 1. The molecule has 4 rings (SSSR count). The highest BCUT2D eigenvalue weighted by Crippen LogP contribution is 2.30. The Morgan fingerprint density at radius 3 is 2.35 bits per heavy atom. The molecule has 0 radical (unpaired) electrons. The lowest BCUT2D eigenvalue weighted by Crippen LogP contribution is -2.30. The minimum atomic E-state index is -0.0436. The van der Waals surface area contributed by atoms with Crippen LogP contribution in [0.2, 0.25) is 0 Å². The van der Waals surface area contributed by atoms with Gasteiger partial charge in [0.1, 0.15) is 11.5 Å². The summed E-state index contributed by atoms with van der Waals surface area (Å²) in [5.74, 6) is 1.46. The van der Waals surface area contributed by atoms with Crippen LogP contribution in [0.25, 0.3) is 0 Å². The summed E-state index contributed by atoms with van der Waals surface area (Å²) in [7, 11) is 0. The Morgan fingerprint density at radius 2 is 1.54 bits per heavy atom. The normalized spacial score (nSPS) is 15.8. The summed E-state index contributed by atoms with van der Waals surface area (Å²) in [6.07, 6.45) is 3.18. The molecule has 0 aromatic heterocycles. The average Bonchev–Trinajstić information content (AvgIpc) is 2.70. The largest absolute Gasteiger partial charge is 0.457 e. The number of rotatable bonds is 4. The van der Waals surface area contributed by atoms with E-state index in [4.69, 9.17) is 4.74 Å². The summed E-state index contributed by atoms with van der Waals surface area (Å²) in [5, 5.41) is 3.18. The van der Waals surface area contributed by atoms with Gasteiger partial charge in [0.25, 0.3) is 5.91 Å². The minimum absolute atomic E-state index is 0.0436. The van der Waals surface area contributed by atoms with E-state index in [9.17, 15) is 4.79 Å². The molecule has 1 aliphatic carbocycles. The lowest BCUT2D eigenvalue weighted by Gasteiger charge is -2.26. The second kappa shape index (κ2) is 7.44. The third kappa shape index (κ3) is 3.62. The molecule has 1 N–H and O–H groups in total. The number of aryl methyl sites for hydroxylation is 1. The fourth-order valence-corrected chi connectivity index (χ4v) is 3.44. The second-order valence-electron chi connectivity index (χ2n) is 6.56. The van der Waals surface area contributed by atoms with Crippen LogP contribution in [0.1, 0.15) is 40.4 Å². The Kier molecular flexibility index (Phi) is 4.69. The van der Waals surface area contributed by atoms with E-state index < -0.39 is 0 Å². The van der Waals surface area contributed by atoms with Gasteiger partial charge in [-0.3, -0.25) is 4.79 Å². The van der Waals surface area contributed by atoms with Crippen LogP contribution >= 0.6 is 0 Å². The van der Waals surface area contributed by atoms with Crippen LogP contribution in [-0.2, 0) is 6.42 Å². The lowest BCUT2D eigenvalue weighted by atomic mass is 9.87. The lowest BCUT2D eigenvalue weighted by molar-refractivity contribution is 0.0932. The van der Waals surface area contributed by atoms with Crippen molar-refractivity contribution in [1.82, 2.24) is 5.32 Å². The summed E-state index contributed by atoms with van der Waals surface area (Å²) in [5.41, 5.74) is 3.24. The van der Waals surface area contributed by atoms with Gasteiger partial charge in [-0.15, -0.1) is 0 Å². The van der Waals surface area contributed by atoms with Gasteiger partial charge in [-0.25, -0.2) is 0 Å². The summed E-state index contributed by atoms with van der Waals surface area (Å²) in [4.78, 5) is 12.6. The van der Waals surface area contributed by atoms with Crippen LogP contribution in [0.4, 0.5) is 0 Å². The molecule has 1 amide bonds. The number of para-hydroxylation sites is 1. The Bertz CT molecular complexity index is 888. The van der Waals surface area contributed by atoms with Crippen molar-refractivity contribution in [2.45, 2.75) is 25.3 Å². The average molecular weight is 343 g/mol. The van der Waals surface area contributed by atoms with Crippen molar-refractivity contribution < 1.29 is 9.53 Å². The minimum Gasteiger partial charge on any atom is -0.457 e. The first kappa shape index (κ1) is 16.4. The van der Waals surface area contributed by atoms with E-state index in [-0.39, 0.29) is 11.9 Å². The molecule has 0 saturated carbocycles. The third-order valence-corrected chi connectivity index (χ3v) is 4.77. The molecular weight excluding hydrogens is 322 g/mol. The van der Waals surface area contributed by atoms with Crippen molar-refractivity contribution in [3.8, 4) is 11.5 Å². The number of carbonyl (C=O) groups is 1. The first-order chi connectivity index (χ1) is 12.8. The standard InChI is InChI=1S/C23H21NO2/c25-23(24-22-12-6-8-17-7-4-5-11-21(17)22)18-13-15-20(16-14-18)26-19-9-2-1-3-10-19/h1-5,7,9-11,13-16,22H,6,8,12H2,(H,24,25)/t22-/m1/s1. The number of carbonyl (C=O) groups excluding carboxylic acids is 1. The van der Waals surface area contributed by atoms with Crippen LogP contribution in [-0.4, -0.2) is 5.91 Å². The fraction of sp³-hybridized carbons (Fsp3) is 0.174. The molecule has 0 bridgehead atoms. The predicted molar refractivity (Wildman–Crippen MR) is 103 cm³/mol. The van der Waals surface area contributed by atoms with Crippen molar-refractivity contribution in [3.05, 3.63) is 95.6 Å². The Morgan fingerprint density at radius 1 is 0.846 bits per heavy atom.